The maximum absolute atomic E-state index is 13.1. The largest absolute Gasteiger partial charge is 0.329 e. The minimum absolute atomic E-state index is 0. The first kappa shape index (κ1) is 18.9. The average molecular weight is 394 g/mol. The van der Waals surface area contributed by atoms with Crippen LogP contribution in [-0.2, 0) is 4.79 Å². The van der Waals surface area contributed by atoms with Gasteiger partial charge in [-0.15, -0.1) is 0 Å². The van der Waals surface area contributed by atoms with Gasteiger partial charge in [0.15, 0.2) is 11.6 Å². The molecule has 2 aromatic heterocycles. The summed E-state index contributed by atoms with van der Waals surface area (Å²) in [6, 6.07) is 6.93. The molecule has 29 heavy (non-hydrogen) atoms. The van der Waals surface area contributed by atoms with Gasteiger partial charge in [-0.1, -0.05) is 13.0 Å². The molecule has 1 aliphatic rings. The number of rotatable bonds is 4. The molecule has 1 amide bonds. The molecule has 2 atom stereocenters. The van der Waals surface area contributed by atoms with Crippen molar-refractivity contribution in [2.45, 2.75) is 26.3 Å². The lowest BCUT2D eigenvalue weighted by molar-refractivity contribution is -0.117. The highest BCUT2D eigenvalue weighted by Gasteiger charge is 2.36. The van der Waals surface area contributed by atoms with Crippen molar-refractivity contribution >= 4 is 17.5 Å². The summed E-state index contributed by atoms with van der Waals surface area (Å²) in [4.78, 5) is 31.7. The van der Waals surface area contributed by atoms with Crippen LogP contribution < -0.4 is 10.2 Å². The number of hydrogen-bond acceptors (Lipinski definition) is 6. The molecular weight excluding hydrogens is 371 g/mol. The van der Waals surface area contributed by atoms with E-state index in [0.29, 0.717) is 23.4 Å². The van der Waals surface area contributed by atoms with Crippen LogP contribution in [0.3, 0.4) is 0 Å². The first-order chi connectivity index (χ1) is 14.0. The van der Waals surface area contributed by atoms with Crippen molar-refractivity contribution in [3.63, 3.8) is 0 Å². The molecule has 0 radical (unpaired) electrons. The summed E-state index contributed by atoms with van der Waals surface area (Å²) >= 11 is 0. The zero-order valence-electron chi connectivity index (χ0n) is 16.2. The number of anilines is 2. The Morgan fingerprint density at radius 3 is 2.66 bits per heavy atom. The topological polar surface area (TPSA) is 83.9 Å². The molecule has 0 bridgehead atoms. The number of nitrogens with zero attached hydrogens (tertiary/aromatic N) is 5. The third-order valence-electron chi connectivity index (χ3n) is 4.99. The fraction of sp³-hybridized carbons (Fsp3) is 0.286. The zero-order chi connectivity index (χ0) is 20.4. The molecule has 0 spiro atoms. The van der Waals surface area contributed by atoms with Crippen LogP contribution in [0.15, 0.2) is 49.1 Å². The van der Waals surface area contributed by atoms with E-state index in [1.54, 1.807) is 18.5 Å². The van der Waals surface area contributed by atoms with E-state index in [9.17, 15) is 9.18 Å². The Hall–Kier alpha value is -3.42. The van der Waals surface area contributed by atoms with Gasteiger partial charge in [-0.05, 0) is 43.0 Å². The third-order valence-corrected chi connectivity index (χ3v) is 4.99. The van der Waals surface area contributed by atoms with Crippen molar-refractivity contribution in [1.82, 2.24) is 19.9 Å². The van der Waals surface area contributed by atoms with Gasteiger partial charge in [-0.25, -0.2) is 24.3 Å². The first-order valence-electron chi connectivity index (χ1n) is 9.44. The van der Waals surface area contributed by atoms with E-state index in [1.807, 2.05) is 30.0 Å². The van der Waals surface area contributed by atoms with E-state index in [4.69, 9.17) is 0 Å². The Balaban J connectivity index is 0.00000256. The Bertz CT molecular complexity index is 1020. The van der Waals surface area contributed by atoms with Crippen LogP contribution in [0.2, 0.25) is 0 Å². The summed E-state index contributed by atoms with van der Waals surface area (Å²) in [6.45, 7) is 4.75. The van der Waals surface area contributed by atoms with Crippen LogP contribution in [0.4, 0.5) is 16.0 Å². The molecule has 150 valence electrons. The molecule has 1 aliphatic heterocycles. The van der Waals surface area contributed by atoms with Gasteiger partial charge in [-0.2, -0.15) is 0 Å². The van der Waals surface area contributed by atoms with E-state index >= 15 is 0 Å². The number of halogens is 1. The molecule has 3 heterocycles. The van der Waals surface area contributed by atoms with Crippen LogP contribution in [-0.4, -0.2) is 38.4 Å². The van der Waals surface area contributed by atoms with Gasteiger partial charge in [0.1, 0.15) is 6.04 Å². The van der Waals surface area contributed by atoms with Gasteiger partial charge in [0.2, 0.25) is 11.9 Å². The number of carbonyl (C=O) groups is 1. The molecule has 1 saturated heterocycles. The lowest BCUT2D eigenvalue weighted by atomic mass is 10.1. The standard InChI is InChI=1S/C21H21FN6O.H2/c1-13-8-18(28(12-13)21-23-6-3-7-24-21)20(29)27-16-5-4-14(2)17(9-16)19-25-10-15(22)11-26-19;/h3-7,9-11,13,18H,8,12H2,1-2H3,(H,27,29);1H/t13-,18+;/m0./s1. The van der Waals surface area contributed by atoms with Gasteiger partial charge >= 0.3 is 0 Å². The summed E-state index contributed by atoms with van der Waals surface area (Å²) in [6.07, 6.45) is 6.34. The molecule has 3 aromatic rings. The number of carbonyl (C=O) groups excluding carboxylic acids is 1. The normalized spacial score (nSPS) is 18.7. The molecule has 8 heteroatoms. The van der Waals surface area contributed by atoms with Crippen molar-refractivity contribution in [3.05, 3.63) is 60.4 Å². The monoisotopic (exact) mass is 394 g/mol. The Kier molecular flexibility index (Phi) is 5.16. The van der Waals surface area contributed by atoms with Crippen LogP contribution in [0, 0.1) is 18.7 Å². The SMILES string of the molecule is Cc1ccc(NC(=O)[C@H]2C[C@H](C)CN2c2ncccn2)cc1-c1ncc(F)cn1.[HH]. The molecular formula is C21H23FN6O. The van der Waals surface area contributed by atoms with Crippen LogP contribution >= 0.6 is 0 Å². The summed E-state index contributed by atoms with van der Waals surface area (Å²) in [7, 11) is 0. The van der Waals surface area contributed by atoms with Crippen molar-refractivity contribution in [3.8, 4) is 11.4 Å². The Morgan fingerprint density at radius 2 is 1.93 bits per heavy atom. The third kappa shape index (κ3) is 4.06. The van der Waals surface area contributed by atoms with Crippen LogP contribution in [0.25, 0.3) is 11.4 Å². The number of aromatic nitrogens is 4. The average Bonchev–Trinajstić information content (AvgIpc) is 3.13. The Morgan fingerprint density at radius 1 is 1.21 bits per heavy atom. The van der Waals surface area contributed by atoms with Crippen molar-refractivity contribution < 1.29 is 10.6 Å². The number of aryl methyl sites for hydroxylation is 1. The van der Waals surface area contributed by atoms with Crippen molar-refractivity contribution in [1.29, 1.82) is 0 Å². The second-order valence-corrected chi connectivity index (χ2v) is 7.30. The molecule has 4 rings (SSSR count). The second-order valence-electron chi connectivity index (χ2n) is 7.30. The number of amides is 1. The molecule has 0 aliphatic carbocycles. The highest BCUT2D eigenvalue weighted by Crippen LogP contribution is 2.28. The minimum atomic E-state index is -0.491. The smallest absolute Gasteiger partial charge is 0.247 e. The second kappa shape index (κ2) is 7.90. The molecule has 0 saturated carbocycles. The van der Waals surface area contributed by atoms with E-state index < -0.39 is 5.82 Å². The maximum Gasteiger partial charge on any atom is 0.247 e. The quantitative estimate of drug-likeness (QED) is 0.729. The van der Waals surface area contributed by atoms with Crippen LogP contribution in [0.5, 0.6) is 0 Å². The number of benzene rings is 1. The first-order valence-corrected chi connectivity index (χ1v) is 9.44. The minimum Gasteiger partial charge on any atom is -0.329 e. The van der Waals surface area contributed by atoms with E-state index in [2.05, 4.69) is 32.2 Å². The number of hydrogen-bond donors (Lipinski definition) is 1. The van der Waals surface area contributed by atoms with Crippen molar-refractivity contribution in [2.24, 2.45) is 5.92 Å². The predicted molar refractivity (Wildman–Crippen MR) is 110 cm³/mol. The van der Waals surface area contributed by atoms with Crippen molar-refractivity contribution in [2.75, 3.05) is 16.8 Å². The summed E-state index contributed by atoms with van der Waals surface area (Å²) in [5.41, 5.74) is 2.31. The maximum atomic E-state index is 13.1. The van der Waals surface area contributed by atoms with Crippen LogP contribution in [0.1, 0.15) is 20.3 Å². The van der Waals surface area contributed by atoms with Gasteiger partial charge in [0.05, 0.1) is 12.4 Å². The predicted octanol–water partition coefficient (Wildman–Crippen LogP) is 3.48. The molecule has 7 nitrogen and oxygen atoms in total. The highest BCUT2D eigenvalue weighted by molar-refractivity contribution is 5.97. The fourth-order valence-electron chi connectivity index (χ4n) is 3.57. The summed E-state index contributed by atoms with van der Waals surface area (Å²) < 4.78 is 13.1. The molecule has 1 aromatic carbocycles. The summed E-state index contributed by atoms with van der Waals surface area (Å²) in [5, 5.41) is 2.99. The zero-order valence-corrected chi connectivity index (χ0v) is 16.2. The summed E-state index contributed by atoms with van der Waals surface area (Å²) in [5.74, 6) is 0.719. The fourth-order valence-corrected chi connectivity index (χ4v) is 3.57. The Labute approximate surface area is 169 Å². The van der Waals surface area contributed by atoms with E-state index in [0.717, 1.165) is 36.5 Å². The van der Waals surface area contributed by atoms with E-state index in [-0.39, 0.29) is 13.4 Å². The van der Waals surface area contributed by atoms with Gasteiger partial charge in [0, 0.05) is 31.6 Å². The molecule has 1 N–H and O–H groups in total. The van der Waals surface area contributed by atoms with Gasteiger partial charge < -0.3 is 10.2 Å². The van der Waals surface area contributed by atoms with Gasteiger partial charge in [-0.3, -0.25) is 4.79 Å². The molecule has 0 unspecified atom stereocenters. The van der Waals surface area contributed by atoms with Gasteiger partial charge in [0.25, 0.3) is 0 Å². The lowest BCUT2D eigenvalue weighted by Crippen LogP contribution is -2.40. The lowest BCUT2D eigenvalue weighted by Gasteiger charge is -2.23. The van der Waals surface area contributed by atoms with E-state index in [1.165, 1.54) is 0 Å². The molecule has 1 fully saturated rings. The number of nitrogens with one attached hydrogen (secondary N) is 1. The highest BCUT2D eigenvalue weighted by atomic mass is 19.1.